The van der Waals surface area contributed by atoms with E-state index in [1.807, 2.05) is 0 Å². The Bertz CT molecular complexity index is 553. The molecule has 0 aromatic carbocycles. The number of alkyl halides is 3. The number of rotatable bonds is 3. The second-order valence-corrected chi connectivity index (χ2v) is 6.16. The average molecular weight is 328 g/mol. The number of aromatic nitrogens is 1. The van der Waals surface area contributed by atoms with E-state index in [2.05, 4.69) is 20.5 Å². The Morgan fingerprint density at radius 1 is 1.30 bits per heavy atom. The van der Waals surface area contributed by atoms with E-state index >= 15 is 0 Å². The molecular weight excluding hydrogens is 309 g/mol. The second-order valence-electron chi connectivity index (χ2n) is 6.16. The number of anilines is 1. The summed E-state index contributed by atoms with van der Waals surface area (Å²) in [5.74, 6) is 1.11. The van der Waals surface area contributed by atoms with Gasteiger partial charge in [0.1, 0.15) is 5.69 Å². The molecule has 1 unspecified atom stereocenters. The van der Waals surface area contributed by atoms with Gasteiger partial charge in [-0.05, 0) is 49.9 Å². The normalized spacial score (nSPS) is 26.8. The number of amides is 2. The Labute approximate surface area is 132 Å². The molecule has 5 nitrogen and oxygen atoms in total. The predicted octanol–water partition coefficient (Wildman–Crippen LogP) is 2.56. The van der Waals surface area contributed by atoms with Crippen LogP contribution < -0.4 is 10.6 Å². The van der Waals surface area contributed by atoms with E-state index < -0.39 is 17.9 Å². The molecule has 2 bridgehead atoms. The van der Waals surface area contributed by atoms with Crippen molar-refractivity contribution in [2.24, 2.45) is 11.8 Å². The van der Waals surface area contributed by atoms with Gasteiger partial charge in [0.05, 0.1) is 11.9 Å². The molecular formula is C15H19F3N4O. The van der Waals surface area contributed by atoms with Crippen LogP contribution in [0.15, 0.2) is 18.3 Å². The summed E-state index contributed by atoms with van der Waals surface area (Å²) in [6.45, 7) is 3.88. The number of nitrogens with one attached hydrogen (secondary N) is 2. The van der Waals surface area contributed by atoms with Gasteiger partial charge in [0, 0.05) is 13.1 Å². The van der Waals surface area contributed by atoms with Crippen LogP contribution in [0.3, 0.4) is 0 Å². The number of carbonyl (C=O) groups excluding carboxylic acids is 1. The monoisotopic (exact) mass is 328 g/mol. The zero-order valence-electron chi connectivity index (χ0n) is 12.6. The van der Waals surface area contributed by atoms with Gasteiger partial charge < -0.3 is 15.5 Å². The second kappa shape index (κ2) is 6.35. The fraction of sp³-hybridized carbons (Fsp3) is 0.600. The number of piperidine rings is 3. The summed E-state index contributed by atoms with van der Waals surface area (Å²) >= 11 is 0. The topological polar surface area (TPSA) is 57.3 Å². The SMILES string of the molecule is O=C(NCC1CN2CCC1CC2)Nc1ccc(C(F)(F)F)nc1. The van der Waals surface area contributed by atoms with Crippen molar-refractivity contribution in [1.29, 1.82) is 0 Å². The quantitative estimate of drug-likeness (QED) is 0.897. The summed E-state index contributed by atoms with van der Waals surface area (Å²) in [6.07, 6.45) is -1.11. The molecule has 0 aliphatic carbocycles. The smallest absolute Gasteiger partial charge is 0.338 e. The maximum absolute atomic E-state index is 12.4. The molecule has 4 heterocycles. The molecule has 1 aromatic heterocycles. The summed E-state index contributed by atoms with van der Waals surface area (Å²) < 4.78 is 37.2. The van der Waals surface area contributed by atoms with Crippen molar-refractivity contribution in [3.8, 4) is 0 Å². The van der Waals surface area contributed by atoms with E-state index in [0.29, 0.717) is 18.4 Å². The van der Waals surface area contributed by atoms with Crippen molar-refractivity contribution in [1.82, 2.24) is 15.2 Å². The third kappa shape index (κ3) is 3.93. The zero-order chi connectivity index (χ0) is 16.4. The van der Waals surface area contributed by atoms with Gasteiger partial charge in [-0.15, -0.1) is 0 Å². The van der Waals surface area contributed by atoms with Crippen LogP contribution in [0.1, 0.15) is 18.5 Å². The molecule has 2 amide bonds. The number of halogens is 3. The van der Waals surface area contributed by atoms with Gasteiger partial charge in [0.15, 0.2) is 0 Å². The first kappa shape index (κ1) is 16.0. The molecule has 4 rings (SSSR count). The molecule has 3 fully saturated rings. The van der Waals surface area contributed by atoms with E-state index in [1.165, 1.54) is 18.9 Å². The highest BCUT2D eigenvalue weighted by molar-refractivity contribution is 5.88. The molecule has 3 aliphatic rings. The molecule has 3 saturated heterocycles. The van der Waals surface area contributed by atoms with Gasteiger partial charge in [-0.2, -0.15) is 13.2 Å². The van der Waals surface area contributed by atoms with Crippen LogP contribution in [0, 0.1) is 11.8 Å². The summed E-state index contributed by atoms with van der Waals surface area (Å²) in [6, 6.07) is 1.63. The third-order valence-corrected chi connectivity index (χ3v) is 4.63. The summed E-state index contributed by atoms with van der Waals surface area (Å²) in [7, 11) is 0. The van der Waals surface area contributed by atoms with E-state index in [-0.39, 0.29) is 5.69 Å². The van der Waals surface area contributed by atoms with Gasteiger partial charge in [-0.25, -0.2) is 9.78 Å². The van der Waals surface area contributed by atoms with Crippen LogP contribution in [0.25, 0.3) is 0 Å². The number of fused-ring (bicyclic) bond motifs is 3. The van der Waals surface area contributed by atoms with Crippen molar-refractivity contribution in [2.75, 3.05) is 31.5 Å². The van der Waals surface area contributed by atoms with Crippen molar-refractivity contribution in [2.45, 2.75) is 19.0 Å². The Morgan fingerprint density at radius 3 is 2.57 bits per heavy atom. The van der Waals surface area contributed by atoms with Crippen molar-refractivity contribution in [3.05, 3.63) is 24.0 Å². The van der Waals surface area contributed by atoms with Crippen molar-refractivity contribution >= 4 is 11.7 Å². The first-order chi connectivity index (χ1) is 10.9. The Kier molecular flexibility index (Phi) is 4.43. The lowest BCUT2D eigenvalue weighted by molar-refractivity contribution is -0.141. The summed E-state index contributed by atoms with van der Waals surface area (Å²) in [5.41, 5.74) is -0.736. The van der Waals surface area contributed by atoms with Crippen LogP contribution in [0.5, 0.6) is 0 Å². The highest BCUT2D eigenvalue weighted by atomic mass is 19.4. The number of hydrogen-bond acceptors (Lipinski definition) is 3. The van der Waals surface area contributed by atoms with E-state index in [4.69, 9.17) is 0 Å². The maximum Gasteiger partial charge on any atom is 0.433 e. The van der Waals surface area contributed by atoms with Gasteiger partial charge >= 0.3 is 12.2 Å². The van der Waals surface area contributed by atoms with E-state index in [0.717, 1.165) is 31.9 Å². The Hall–Kier alpha value is -1.83. The largest absolute Gasteiger partial charge is 0.433 e. The highest BCUT2D eigenvalue weighted by Crippen LogP contribution is 2.31. The lowest BCUT2D eigenvalue weighted by Crippen LogP contribution is -2.51. The first-order valence-electron chi connectivity index (χ1n) is 7.72. The number of hydrogen-bond donors (Lipinski definition) is 2. The number of pyridine rings is 1. The molecule has 2 N–H and O–H groups in total. The van der Waals surface area contributed by atoms with Crippen LogP contribution >= 0.6 is 0 Å². The molecule has 1 atom stereocenters. The lowest BCUT2D eigenvalue weighted by Gasteiger charge is -2.44. The average Bonchev–Trinajstić information content (AvgIpc) is 2.54. The molecule has 126 valence electrons. The Balaban J connectivity index is 1.48. The zero-order valence-corrected chi connectivity index (χ0v) is 12.6. The molecule has 8 heteroatoms. The van der Waals surface area contributed by atoms with Gasteiger partial charge in [-0.3, -0.25) is 0 Å². The van der Waals surface area contributed by atoms with Crippen LogP contribution in [0.2, 0.25) is 0 Å². The molecule has 1 aromatic rings. The number of carbonyl (C=O) groups is 1. The highest BCUT2D eigenvalue weighted by Gasteiger charge is 2.34. The van der Waals surface area contributed by atoms with E-state index in [9.17, 15) is 18.0 Å². The molecule has 23 heavy (non-hydrogen) atoms. The standard InChI is InChI=1S/C15H19F3N4O/c16-15(17,18)13-2-1-12(8-19-13)21-14(23)20-7-11-9-22-5-3-10(11)4-6-22/h1-2,8,10-11H,3-7,9H2,(H2,20,21,23). The van der Waals surface area contributed by atoms with Crippen LogP contribution in [-0.2, 0) is 6.18 Å². The van der Waals surface area contributed by atoms with Crippen LogP contribution in [-0.4, -0.2) is 42.1 Å². The molecule has 0 radical (unpaired) electrons. The summed E-state index contributed by atoms with van der Waals surface area (Å²) in [4.78, 5) is 17.6. The molecule has 0 saturated carbocycles. The molecule has 3 aliphatic heterocycles. The van der Waals surface area contributed by atoms with Crippen molar-refractivity contribution in [3.63, 3.8) is 0 Å². The summed E-state index contributed by atoms with van der Waals surface area (Å²) in [5, 5.41) is 5.31. The maximum atomic E-state index is 12.4. The third-order valence-electron chi connectivity index (χ3n) is 4.63. The fourth-order valence-corrected chi connectivity index (χ4v) is 3.35. The minimum absolute atomic E-state index is 0.240. The fourth-order valence-electron chi connectivity index (χ4n) is 3.35. The lowest BCUT2D eigenvalue weighted by atomic mass is 9.79. The van der Waals surface area contributed by atoms with Crippen molar-refractivity contribution < 1.29 is 18.0 Å². The minimum Gasteiger partial charge on any atom is -0.338 e. The predicted molar refractivity (Wildman–Crippen MR) is 78.9 cm³/mol. The Morgan fingerprint density at radius 2 is 2.04 bits per heavy atom. The van der Waals surface area contributed by atoms with Gasteiger partial charge in [-0.1, -0.05) is 0 Å². The number of urea groups is 1. The van der Waals surface area contributed by atoms with Gasteiger partial charge in [0.25, 0.3) is 0 Å². The minimum atomic E-state index is -4.48. The first-order valence-corrected chi connectivity index (χ1v) is 7.72. The van der Waals surface area contributed by atoms with Gasteiger partial charge in [0.2, 0.25) is 0 Å². The van der Waals surface area contributed by atoms with Crippen LogP contribution in [0.4, 0.5) is 23.7 Å². The van der Waals surface area contributed by atoms with E-state index in [1.54, 1.807) is 0 Å². The number of nitrogens with zero attached hydrogens (tertiary/aromatic N) is 2. The molecule has 0 spiro atoms.